The van der Waals surface area contributed by atoms with Crippen LogP contribution in [0.5, 0.6) is 0 Å². The molecule has 0 aliphatic heterocycles. The molecule has 0 saturated heterocycles. The third-order valence-electron chi connectivity index (χ3n) is 2.41. The summed E-state index contributed by atoms with van der Waals surface area (Å²) >= 11 is 5.93. The van der Waals surface area contributed by atoms with Crippen molar-refractivity contribution in [2.24, 2.45) is 0 Å². The van der Waals surface area contributed by atoms with E-state index >= 15 is 0 Å². The Labute approximate surface area is 104 Å². The number of aliphatic hydroxyl groups excluding tert-OH is 3. The van der Waals surface area contributed by atoms with E-state index in [0.29, 0.717) is 11.3 Å². The highest BCUT2D eigenvalue weighted by Gasteiger charge is 2.28. The SMILES string of the molecule is N#Cc1ccc(NC(CO)(CO)CO)c(Cl)c1. The summed E-state index contributed by atoms with van der Waals surface area (Å²) in [6.45, 7) is -1.34. The average molecular weight is 257 g/mol. The van der Waals surface area contributed by atoms with E-state index in [9.17, 15) is 0 Å². The molecule has 5 nitrogen and oxygen atoms in total. The van der Waals surface area contributed by atoms with Gasteiger partial charge in [-0.1, -0.05) is 11.6 Å². The monoisotopic (exact) mass is 256 g/mol. The number of nitrogens with zero attached hydrogens (tertiary/aromatic N) is 1. The minimum Gasteiger partial charge on any atom is -0.394 e. The number of nitriles is 1. The lowest BCUT2D eigenvalue weighted by Crippen LogP contribution is -2.49. The van der Waals surface area contributed by atoms with Gasteiger partial charge in [-0.25, -0.2) is 0 Å². The molecule has 92 valence electrons. The molecule has 0 heterocycles. The molecule has 1 aromatic rings. The molecule has 6 heteroatoms. The van der Waals surface area contributed by atoms with Gasteiger partial charge < -0.3 is 20.6 Å². The third kappa shape index (κ3) is 3.08. The van der Waals surface area contributed by atoms with Crippen molar-refractivity contribution in [2.45, 2.75) is 5.54 Å². The van der Waals surface area contributed by atoms with Crippen LogP contribution in [0, 0.1) is 11.3 Å². The van der Waals surface area contributed by atoms with Gasteiger partial charge in [-0.15, -0.1) is 0 Å². The number of hydrogen-bond acceptors (Lipinski definition) is 5. The van der Waals surface area contributed by atoms with E-state index in [1.807, 2.05) is 6.07 Å². The first kappa shape index (κ1) is 13.7. The van der Waals surface area contributed by atoms with Crippen molar-refractivity contribution < 1.29 is 15.3 Å². The smallest absolute Gasteiger partial charge is 0.107 e. The molecular weight excluding hydrogens is 244 g/mol. The minimum atomic E-state index is -1.24. The van der Waals surface area contributed by atoms with Crippen molar-refractivity contribution in [2.75, 3.05) is 25.1 Å². The van der Waals surface area contributed by atoms with E-state index in [1.165, 1.54) is 6.07 Å². The molecule has 0 spiro atoms. The standard InChI is InChI=1S/C11H13ClN2O3/c12-9-3-8(4-13)1-2-10(9)14-11(5-15,6-16)7-17/h1-3,14-17H,5-7H2. The fraction of sp³-hybridized carbons (Fsp3) is 0.364. The highest BCUT2D eigenvalue weighted by atomic mass is 35.5. The van der Waals surface area contributed by atoms with Crippen molar-refractivity contribution in [1.82, 2.24) is 0 Å². The van der Waals surface area contributed by atoms with Gasteiger partial charge in [0.1, 0.15) is 5.54 Å². The Bertz CT molecular complexity index is 419. The van der Waals surface area contributed by atoms with E-state index in [4.69, 9.17) is 32.2 Å². The quantitative estimate of drug-likeness (QED) is 0.609. The van der Waals surface area contributed by atoms with Crippen molar-refractivity contribution in [1.29, 1.82) is 5.26 Å². The van der Waals surface area contributed by atoms with Crippen LogP contribution in [0.3, 0.4) is 0 Å². The van der Waals surface area contributed by atoms with Crippen LogP contribution in [0.2, 0.25) is 5.02 Å². The maximum absolute atomic E-state index is 9.15. The number of nitrogens with one attached hydrogen (secondary N) is 1. The number of rotatable bonds is 5. The number of benzene rings is 1. The second-order valence-corrected chi connectivity index (χ2v) is 4.09. The molecule has 0 aliphatic rings. The lowest BCUT2D eigenvalue weighted by atomic mass is 10.0. The van der Waals surface area contributed by atoms with Crippen LogP contribution in [0.15, 0.2) is 18.2 Å². The molecule has 0 unspecified atom stereocenters. The summed E-state index contributed by atoms with van der Waals surface area (Å²) in [4.78, 5) is 0. The summed E-state index contributed by atoms with van der Waals surface area (Å²) in [5, 5.41) is 39.2. The molecule has 4 N–H and O–H groups in total. The Morgan fingerprint density at radius 2 is 1.82 bits per heavy atom. The Balaban J connectivity index is 2.99. The third-order valence-corrected chi connectivity index (χ3v) is 2.72. The lowest BCUT2D eigenvalue weighted by molar-refractivity contribution is 0.0834. The molecule has 0 aromatic heterocycles. The zero-order chi connectivity index (χ0) is 12.9. The Kier molecular flexibility index (Phi) is 4.73. The van der Waals surface area contributed by atoms with Crippen molar-refractivity contribution in [3.8, 4) is 6.07 Å². The first-order valence-corrected chi connectivity index (χ1v) is 5.29. The second-order valence-electron chi connectivity index (χ2n) is 3.69. The van der Waals surface area contributed by atoms with Crippen LogP contribution in [0.1, 0.15) is 5.56 Å². The van der Waals surface area contributed by atoms with Gasteiger partial charge in [-0.05, 0) is 18.2 Å². The zero-order valence-electron chi connectivity index (χ0n) is 9.02. The molecule has 0 saturated carbocycles. The largest absolute Gasteiger partial charge is 0.394 e. The summed E-state index contributed by atoms with van der Waals surface area (Å²) in [6.07, 6.45) is 0. The van der Waals surface area contributed by atoms with Gasteiger partial charge in [-0.3, -0.25) is 0 Å². The summed E-state index contributed by atoms with van der Waals surface area (Å²) in [6, 6.07) is 6.50. The topological polar surface area (TPSA) is 96.5 Å². The van der Waals surface area contributed by atoms with Crippen molar-refractivity contribution >= 4 is 17.3 Å². The van der Waals surface area contributed by atoms with Crippen LogP contribution in [0.4, 0.5) is 5.69 Å². The molecule has 0 fully saturated rings. The maximum Gasteiger partial charge on any atom is 0.107 e. The zero-order valence-corrected chi connectivity index (χ0v) is 9.78. The molecule has 1 rings (SSSR count). The minimum absolute atomic E-state index is 0.281. The van der Waals surface area contributed by atoms with Gasteiger partial charge in [0.05, 0.1) is 42.2 Å². The van der Waals surface area contributed by atoms with Crippen LogP contribution in [-0.2, 0) is 0 Å². The van der Waals surface area contributed by atoms with E-state index in [1.54, 1.807) is 12.1 Å². The summed E-state index contributed by atoms with van der Waals surface area (Å²) in [5.74, 6) is 0. The highest BCUT2D eigenvalue weighted by molar-refractivity contribution is 6.33. The fourth-order valence-corrected chi connectivity index (χ4v) is 1.47. The Hall–Kier alpha value is -1.32. The van der Waals surface area contributed by atoms with Crippen LogP contribution in [0.25, 0.3) is 0 Å². The molecular formula is C11H13ClN2O3. The first-order chi connectivity index (χ1) is 8.10. The van der Waals surface area contributed by atoms with Crippen LogP contribution < -0.4 is 5.32 Å². The molecule has 0 amide bonds. The van der Waals surface area contributed by atoms with Gasteiger partial charge in [0.25, 0.3) is 0 Å². The van der Waals surface area contributed by atoms with Crippen molar-refractivity contribution in [3.63, 3.8) is 0 Å². The summed E-state index contributed by atoms with van der Waals surface area (Å²) in [7, 11) is 0. The lowest BCUT2D eigenvalue weighted by Gasteiger charge is -2.30. The summed E-state index contributed by atoms with van der Waals surface area (Å²) in [5.41, 5.74) is -0.399. The number of aliphatic hydroxyl groups is 3. The molecule has 17 heavy (non-hydrogen) atoms. The predicted octanol–water partition coefficient (Wildman–Crippen LogP) is 0.339. The molecule has 0 aliphatic carbocycles. The molecule has 1 aromatic carbocycles. The van der Waals surface area contributed by atoms with E-state index in [0.717, 1.165) is 0 Å². The highest BCUT2D eigenvalue weighted by Crippen LogP contribution is 2.25. The Morgan fingerprint density at radius 1 is 1.24 bits per heavy atom. The molecule has 0 bridgehead atoms. The maximum atomic E-state index is 9.15. The van der Waals surface area contributed by atoms with Gasteiger partial charge in [0.15, 0.2) is 0 Å². The number of hydrogen-bond donors (Lipinski definition) is 4. The van der Waals surface area contributed by atoms with Crippen LogP contribution in [-0.4, -0.2) is 40.7 Å². The molecule has 0 atom stereocenters. The van der Waals surface area contributed by atoms with Gasteiger partial charge >= 0.3 is 0 Å². The number of anilines is 1. The average Bonchev–Trinajstić information content (AvgIpc) is 2.38. The van der Waals surface area contributed by atoms with Crippen LogP contribution >= 0.6 is 11.6 Å². The van der Waals surface area contributed by atoms with Crippen molar-refractivity contribution in [3.05, 3.63) is 28.8 Å². The normalized spacial score (nSPS) is 11.0. The number of halogens is 1. The van der Waals surface area contributed by atoms with E-state index < -0.39 is 25.4 Å². The fourth-order valence-electron chi connectivity index (χ4n) is 1.24. The predicted molar refractivity (Wildman–Crippen MR) is 63.8 cm³/mol. The molecule has 0 radical (unpaired) electrons. The Morgan fingerprint density at radius 3 is 2.24 bits per heavy atom. The first-order valence-electron chi connectivity index (χ1n) is 4.91. The summed E-state index contributed by atoms with van der Waals surface area (Å²) < 4.78 is 0. The van der Waals surface area contributed by atoms with E-state index in [-0.39, 0.29) is 5.02 Å². The second kappa shape index (κ2) is 5.84. The van der Waals surface area contributed by atoms with Gasteiger partial charge in [0, 0.05) is 0 Å². The van der Waals surface area contributed by atoms with E-state index in [2.05, 4.69) is 5.32 Å². The van der Waals surface area contributed by atoms with Gasteiger partial charge in [-0.2, -0.15) is 5.26 Å². The van der Waals surface area contributed by atoms with Gasteiger partial charge in [0.2, 0.25) is 0 Å².